The molecule has 7 heteroatoms. The summed E-state index contributed by atoms with van der Waals surface area (Å²) in [6, 6.07) is 2.67. The molecule has 0 bridgehead atoms. The average Bonchev–Trinajstić information content (AvgIpc) is 3.01. The predicted molar refractivity (Wildman–Crippen MR) is 74.0 cm³/mol. The van der Waals surface area contributed by atoms with Crippen molar-refractivity contribution in [2.45, 2.75) is 19.3 Å². The summed E-state index contributed by atoms with van der Waals surface area (Å²) in [4.78, 5) is 39.8. The lowest BCUT2D eigenvalue weighted by Crippen LogP contribution is -2.33. The fourth-order valence-corrected chi connectivity index (χ4v) is 2.15. The van der Waals surface area contributed by atoms with Crippen LogP contribution in [0.3, 0.4) is 0 Å². The number of aromatic carboxylic acids is 1. The van der Waals surface area contributed by atoms with Gasteiger partial charge in [-0.25, -0.2) is 4.79 Å². The molecule has 2 heterocycles. The molecule has 0 spiro atoms. The van der Waals surface area contributed by atoms with Crippen LogP contribution in [0.5, 0.6) is 0 Å². The molecule has 0 unspecified atom stereocenters. The lowest BCUT2D eigenvalue weighted by molar-refractivity contribution is -0.129. The van der Waals surface area contributed by atoms with E-state index in [9.17, 15) is 14.4 Å². The fraction of sp³-hybridized carbons (Fsp3) is 0.429. The third-order valence-corrected chi connectivity index (χ3v) is 3.33. The maximum atomic E-state index is 11.8. The van der Waals surface area contributed by atoms with Crippen LogP contribution in [0, 0.1) is 0 Å². The smallest absolute Gasteiger partial charge is 0.337 e. The van der Waals surface area contributed by atoms with Crippen molar-refractivity contribution in [2.75, 3.05) is 19.6 Å². The van der Waals surface area contributed by atoms with E-state index in [2.05, 4.69) is 10.3 Å². The van der Waals surface area contributed by atoms with Crippen LogP contribution in [0.15, 0.2) is 18.3 Å². The number of carbonyl (C=O) groups excluding carboxylic acids is 2. The van der Waals surface area contributed by atoms with Crippen LogP contribution in [0.4, 0.5) is 0 Å². The Morgan fingerprint density at radius 2 is 1.95 bits per heavy atom. The molecule has 1 fully saturated rings. The van der Waals surface area contributed by atoms with E-state index in [1.807, 2.05) is 0 Å². The Morgan fingerprint density at radius 1 is 1.24 bits per heavy atom. The second-order valence-electron chi connectivity index (χ2n) is 4.83. The summed E-state index contributed by atoms with van der Waals surface area (Å²) < 4.78 is 0. The second kappa shape index (κ2) is 6.83. The van der Waals surface area contributed by atoms with Crippen molar-refractivity contribution in [1.29, 1.82) is 0 Å². The summed E-state index contributed by atoms with van der Waals surface area (Å²) in [6.07, 6.45) is 3.47. The Morgan fingerprint density at radius 3 is 2.52 bits per heavy atom. The number of carbonyl (C=O) groups is 3. The van der Waals surface area contributed by atoms with Gasteiger partial charge >= 0.3 is 5.97 Å². The van der Waals surface area contributed by atoms with Crippen LogP contribution >= 0.6 is 0 Å². The zero-order valence-electron chi connectivity index (χ0n) is 11.5. The highest BCUT2D eigenvalue weighted by Gasteiger charge is 2.17. The van der Waals surface area contributed by atoms with Crippen molar-refractivity contribution in [1.82, 2.24) is 15.2 Å². The van der Waals surface area contributed by atoms with E-state index in [0.29, 0.717) is 0 Å². The van der Waals surface area contributed by atoms with Gasteiger partial charge < -0.3 is 15.3 Å². The highest BCUT2D eigenvalue weighted by molar-refractivity contribution is 5.94. The number of carboxylic acids is 1. The van der Waals surface area contributed by atoms with Gasteiger partial charge in [0.2, 0.25) is 5.91 Å². The number of nitrogens with one attached hydrogen (secondary N) is 1. The Hall–Kier alpha value is -2.44. The normalized spacial score (nSPS) is 14.0. The van der Waals surface area contributed by atoms with Crippen LogP contribution in [0.25, 0.3) is 0 Å². The van der Waals surface area contributed by atoms with Gasteiger partial charge in [0.25, 0.3) is 5.91 Å². The Balaban J connectivity index is 1.78. The maximum Gasteiger partial charge on any atom is 0.337 e. The Labute approximate surface area is 122 Å². The Bertz CT molecular complexity index is 536. The molecular weight excluding hydrogens is 274 g/mol. The molecule has 0 radical (unpaired) electrons. The van der Waals surface area contributed by atoms with Crippen molar-refractivity contribution in [3.63, 3.8) is 0 Å². The minimum absolute atomic E-state index is 0.0239. The van der Waals surface area contributed by atoms with E-state index in [-0.39, 0.29) is 30.1 Å². The van der Waals surface area contributed by atoms with Gasteiger partial charge in [0.1, 0.15) is 5.69 Å². The molecule has 0 aromatic carbocycles. The van der Waals surface area contributed by atoms with E-state index in [0.717, 1.165) is 32.1 Å². The van der Waals surface area contributed by atoms with E-state index in [1.165, 1.54) is 12.1 Å². The number of likely N-dealkylation sites (tertiary alicyclic amines) is 1. The number of aromatic nitrogens is 1. The van der Waals surface area contributed by atoms with Gasteiger partial charge in [-0.15, -0.1) is 0 Å². The standard InChI is InChI=1S/C14H17N3O4/c18-12(17-7-1-2-8-17)5-6-15-13(19)11-4-3-10(9-16-11)14(20)21/h3-4,9H,1-2,5-8H2,(H,15,19)(H,20,21). The SMILES string of the molecule is O=C(O)c1ccc(C(=O)NCCC(=O)N2CCCC2)nc1. The number of amides is 2. The van der Waals surface area contributed by atoms with Crippen molar-refractivity contribution >= 4 is 17.8 Å². The second-order valence-corrected chi connectivity index (χ2v) is 4.83. The van der Waals surface area contributed by atoms with Crippen LogP contribution in [-0.4, -0.2) is 52.4 Å². The van der Waals surface area contributed by atoms with E-state index < -0.39 is 11.9 Å². The molecule has 1 aromatic heterocycles. The molecule has 2 N–H and O–H groups in total. The summed E-state index contributed by atoms with van der Waals surface area (Å²) in [6.45, 7) is 1.84. The van der Waals surface area contributed by atoms with Gasteiger partial charge in [0, 0.05) is 32.3 Å². The number of hydrogen-bond donors (Lipinski definition) is 2. The first-order valence-electron chi connectivity index (χ1n) is 6.83. The van der Waals surface area contributed by atoms with Gasteiger partial charge in [0.05, 0.1) is 5.56 Å². The average molecular weight is 291 g/mol. The first-order valence-corrected chi connectivity index (χ1v) is 6.83. The van der Waals surface area contributed by atoms with E-state index in [4.69, 9.17) is 5.11 Å². The number of hydrogen-bond acceptors (Lipinski definition) is 4. The minimum atomic E-state index is -1.09. The van der Waals surface area contributed by atoms with Gasteiger partial charge in [-0.3, -0.25) is 14.6 Å². The molecule has 7 nitrogen and oxygen atoms in total. The molecule has 2 rings (SSSR count). The molecule has 1 saturated heterocycles. The van der Waals surface area contributed by atoms with Gasteiger partial charge in [0.15, 0.2) is 0 Å². The molecule has 1 aromatic rings. The predicted octanol–water partition coefficient (Wildman–Crippen LogP) is 0.522. The molecule has 112 valence electrons. The lowest BCUT2D eigenvalue weighted by Gasteiger charge is -2.15. The summed E-state index contributed by atoms with van der Waals surface area (Å²) in [5.41, 5.74) is 0.157. The monoisotopic (exact) mass is 291 g/mol. The zero-order valence-corrected chi connectivity index (χ0v) is 11.5. The number of carboxylic acid groups (broad SMARTS) is 1. The quantitative estimate of drug-likeness (QED) is 0.824. The van der Waals surface area contributed by atoms with Crippen molar-refractivity contribution in [3.05, 3.63) is 29.6 Å². The van der Waals surface area contributed by atoms with Gasteiger partial charge in [-0.2, -0.15) is 0 Å². The number of pyridine rings is 1. The molecular formula is C14H17N3O4. The maximum absolute atomic E-state index is 11.8. The van der Waals surface area contributed by atoms with Gasteiger partial charge in [-0.1, -0.05) is 0 Å². The Kier molecular flexibility index (Phi) is 4.86. The lowest BCUT2D eigenvalue weighted by atomic mass is 10.2. The van der Waals surface area contributed by atoms with Crippen molar-refractivity contribution in [3.8, 4) is 0 Å². The first-order chi connectivity index (χ1) is 10.1. The zero-order chi connectivity index (χ0) is 15.2. The van der Waals surface area contributed by atoms with E-state index >= 15 is 0 Å². The molecule has 1 aliphatic heterocycles. The molecule has 21 heavy (non-hydrogen) atoms. The number of nitrogens with zero attached hydrogens (tertiary/aromatic N) is 2. The first kappa shape index (κ1) is 15.0. The largest absolute Gasteiger partial charge is 0.478 e. The summed E-state index contributed by atoms with van der Waals surface area (Å²) in [7, 11) is 0. The fourth-order valence-electron chi connectivity index (χ4n) is 2.15. The molecule has 1 aliphatic rings. The number of rotatable bonds is 5. The van der Waals surface area contributed by atoms with Crippen LogP contribution in [0.1, 0.15) is 40.1 Å². The topological polar surface area (TPSA) is 99.6 Å². The van der Waals surface area contributed by atoms with Crippen LogP contribution in [0.2, 0.25) is 0 Å². The third-order valence-electron chi connectivity index (χ3n) is 3.33. The van der Waals surface area contributed by atoms with Crippen LogP contribution in [-0.2, 0) is 4.79 Å². The van der Waals surface area contributed by atoms with Gasteiger partial charge in [-0.05, 0) is 25.0 Å². The summed E-state index contributed by atoms with van der Waals surface area (Å²) >= 11 is 0. The molecule has 2 amide bonds. The molecule has 0 atom stereocenters. The summed E-state index contributed by atoms with van der Waals surface area (Å²) in [5, 5.41) is 11.3. The third kappa shape index (κ3) is 4.01. The van der Waals surface area contributed by atoms with Crippen molar-refractivity contribution < 1.29 is 19.5 Å². The highest BCUT2D eigenvalue weighted by Crippen LogP contribution is 2.08. The van der Waals surface area contributed by atoms with Crippen molar-refractivity contribution in [2.24, 2.45) is 0 Å². The molecule has 0 aliphatic carbocycles. The molecule has 0 saturated carbocycles. The minimum Gasteiger partial charge on any atom is -0.478 e. The summed E-state index contributed by atoms with van der Waals surface area (Å²) in [5.74, 6) is -1.46. The highest BCUT2D eigenvalue weighted by atomic mass is 16.4. The van der Waals surface area contributed by atoms with Crippen LogP contribution < -0.4 is 5.32 Å². The van der Waals surface area contributed by atoms with E-state index in [1.54, 1.807) is 4.90 Å².